The van der Waals surface area contributed by atoms with E-state index in [2.05, 4.69) is 5.32 Å². The Bertz CT molecular complexity index is 142. The molecule has 80 valence electrons. The predicted octanol–water partition coefficient (Wildman–Crippen LogP) is 0.506. The predicted molar refractivity (Wildman–Crippen MR) is 57.3 cm³/mol. The summed E-state index contributed by atoms with van der Waals surface area (Å²) in [6.07, 6.45) is 4.58. The summed E-state index contributed by atoms with van der Waals surface area (Å²) in [5, 5.41) is 12.1. The van der Waals surface area contributed by atoms with Gasteiger partial charge < -0.3 is 10.4 Å². The number of aliphatic hydroxyl groups excluding tert-OH is 1. The molecule has 0 radical (unpaired) electrons. The average Bonchev–Trinajstić information content (AvgIpc) is 2.10. The second-order valence-electron chi connectivity index (χ2n) is 3.28. The molecule has 4 heteroatoms. The van der Waals surface area contributed by atoms with E-state index in [9.17, 15) is 4.21 Å². The number of rotatable bonds is 8. The Kier molecular flexibility index (Phi) is 8.71. The molecule has 0 aliphatic heterocycles. The molecule has 13 heavy (non-hydrogen) atoms. The van der Waals surface area contributed by atoms with Crippen molar-refractivity contribution in [3.8, 4) is 0 Å². The zero-order valence-corrected chi connectivity index (χ0v) is 9.40. The van der Waals surface area contributed by atoms with Gasteiger partial charge in [-0.3, -0.25) is 4.21 Å². The van der Waals surface area contributed by atoms with E-state index in [0.717, 1.165) is 32.4 Å². The highest BCUT2D eigenvalue weighted by Gasteiger charge is 2.04. The second-order valence-corrected chi connectivity index (χ2v) is 5.08. The van der Waals surface area contributed by atoms with Gasteiger partial charge in [0.05, 0.1) is 0 Å². The van der Waals surface area contributed by atoms with Crippen LogP contribution in [-0.4, -0.2) is 40.5 Å². The number of hydrogen-bond acceptors (Lipinski definition) is 3. The standard InChI is InChI=1S/C9H21NO2S/c1-9(13(2)12)5-7-10-6-3-4-8-11/h9-11H,3-8H2,1-2H3. The van der Waals surface area contributed by atoms with Gasteiger partial charge in [0, 0.05) is 28.9 Å². The molecule has 0 heterocycles. The Hall–Kier alpha value is 0.0700. The fourth-order valence-corrected chi connectivity index (χ4v) is 1.41. The van der Waals surface area contributed by atoms with Crippen molar-refractivity contribution in [2.24, 2.45) is 0 Å². The Morgan fingerprint density at radius 3 is 2.62 bits per heavy atom. The van der Waals surface area contributed by atoms with Crippen molar-refractivity contribution < 1.29 is 9.32 Å². The normalized spacial score (nSPS) is 15.6. The SMILES string of the molecule is CC(CCNCCCCO)S(C)=O. The molecule has 3 nitrogen and oxygen atoms in total. The Balaban J connectivity index is 3.11. The molecule has 0 fully saturated rings. The van der Waals surface area contributed by atoms with Crippen LogP contribution in [0.25, 0.3) is 0 Å². The number of nitrogens with one attached hydrogen (secondary N) is 1. The van der Waals surface area contributed by atoms with Crippen molar-refractivity contribution in [2.45, 2.75) is 31.4 Å². The third-order valence-electron chi connectivity index (χ3n) is 2.06. The van der Waals surface area contributed by atoms with Crippen LogP contribution in [0.3, 0.4) is 0 Å². The lowest BCUT2D eigenvalue weighted by Crippen LogP contribution is -2.22. The van der Waals surface area contributed by atoms with Crippen LogP contribution in [0.5, 0.6) is 0 Å². The van der Waals surface area contributed by atoms with Crippen LogP contribution in [0.2, 0.25) is 0 Å². The van der Waals surface area contributed by atoms with Gasteiger partial charge in [0.1, 0.15) is 0 Å². The van der Waals surface area contributed by atoms with Crippen molar-refractivity contribution in [3.63, 3.8) is 0 Å². The Labute approximate surface area is 83.4 Å². The molecule has 2 atom stereocenters. The molecule has 0 amide bonds. The molecule has 0 aliphatic carbocycles. The van der Waals surface area contributed by atoms with Crippen LogP contribution in [0.4, 0.5) is 0 Å². The van der Waals surface area contributed by atoms with Gasteiger partial charge in [-0.1, -0.05) is 6.92 Å². The second kappa shape index (κ2) is 8.66. The first-order valence-corrected chi connectivity index (χ1v) is 6.44. The maximum Gasteiger partial charge on any atom is 0.0431 e. The van der Waals surface area contributed by atoms with Crippen LogP contribution in [0.15, 0.2) is 0 Å². The summed E-state index contributed by atoms with van der Waals surface area (Å²) < 4.78 is 11.0. The molecule has 0 saturated carbocycles. The molecule has 0 bridgehead atoms. The smallest absolute Gasteiger partial charge is 0.0431 e. The van der Waals surface area contributed by atoms with E-state index in [0.29, 0.717) is 0 Å². The van der Waals surface area contributed by atoms with Gasteiger partial charge in [0.15, 0.2) is 0 Å². The molecule has 0 rings (SSSR count). The summed E-state index contributed by atoms with van der Waals surface area (Å²) in [5.41, 5.74) is 0. The van der Waals surface area contributed by atoms with Crippen LogP contribution in [0.1, 0.15) is 26.2 Å². The van der Waals surface area contributed by atoms with Gasteiger partial charge in [-0.25, -0.2) is 0 Å². The summed E-state index contributed by atoms with van der Waals surface area (Å²) in [6, 6.07) is 0. The summed E-state index contributed by atoms with van der Waals surface area (Å²) in [6.45, 7) is 4.15. The summed E-state index contributed by atoms with van der Waals surface area (Å²) in [7, 11) is -0.699. The zero-order valence-electron chi connectivity index (χ0n) is 8.58. The maximum absolute atomic E-state index is 11.0. The van der Waals surface area contributed by atoms with E-state index >= 15 is 0 Å². The van der Waals surface area contributed by atoms with E-state index in [-0.39, 0.29) is 11.9 Å². The summed E-state index contributed by atoms with van der Waals surface area (Å²) in [5.74, 6) is 0. The average molecular weight is 207 g/mol. The lowest BCUT2D eigenvalue weighted by molar-refractivity contribution is 0.283. The fraction of sp³-hybridized carbons (Fsp3) is 1.00. The van der Waals surface area contributed by atoms with Crippen molar-refractivity contribution in [3.05, 3.63) is 0 Å². The van der Waals surface area contributed by atoms with Crippen molar-refractivity contribution in [2.75, 3.05) is 26.0 Å². The third-order valence-corrected chi connectivity index (χ3v) is 3.42. The molecular formula is C9H21NO2S. The molecule has 2 N–H and O–H groups in total. The van der Waals surface area contributed by atoms with E-state index in [1.165, 1.54) is 0 Å². The van der Waals surface area contributed by atoms with Gasteiger partial charge in [-0.15, -0.1) is 0 Å². The molecular weight excluding hydrogens is 186 g/mol. The molecule has 0 aromatic heterocycles. The van der Waals surface area contributed by atoms with Crippen LogP contribution in [-0.2, 0) is 10.8 Å². The largest absolute Gasteiger partial charge is 0.396 e. The monoisotopic (exact) mass is 207 g/mol. The summed E-state index contributed by atoms with van der Waals surface area (Å²) in [4.78, 5) is 0. The molecule has 0 spiro atoms. The molecule has 0 aromatic rings. The number of aliphatic hydroxyl groups is 1. The van der Waals surface area contributed by atoms with Gasteiger partial charge in [-0.05, 0) is 32.4 Å². The van der Waals surface area contributed by atoms with Crippen LogP contribution >= 0.6 is 0 Å². The molecule has 2 unspecified atom stereocenters. The lowest BCUT2D eigenvalue weighted by Gasteiger charge is -2.08. The molecule has 0 aliphatic rings. The minimum atomic E-state index is -0.699. The van der Waals surface area contributed by atoms with Crippen molar-refractivity contribution in [1.82, 2.24) is 5.32 Å². The highest BCUT2D eigenvalue weighted by molar-refractivity contribution is 7.84. The van der Waals surface area contributed by atoms with Gasteiger partial charge in [0.25, 0.3) is 0 Å². The quantitative estimate of drug-likeness (QED) is 0.570. The minimum absolute atomic E-state index is 0.275. The van der Waals surface area contributed by atoms with E-state index in [1.807, 2.05) is 6.92 Å². The highest BCUT2D eigenvalue weighted by Crippen LogP contribution is 1.97. The van der Waals surface area contributed by atoms with Crippen molar-refractivity contribution in [1.29, 1.82) is 0 Å². The summed E-state index contributed by atoms with van der Waals surface area (Å²) >= 11 is 0. The van der Waals surface area contributed by atoms with E-state index in [4.69, 9.17) is 5.11 Å². The first-order chi connectivity index (χ1) is 6.18. The highest BCUT2D eigenvalue weighted by atomic mass is 32.2. The first-order valence-electron chi connectivity index (χ1n) is 4.82. The number of hydrogen-bond donors (Lipinski definition) is 2. The first kappa shape index (κ1) is 13.1. The third kappa shape index (κ3) is 8.40. The Morgan fingerprint density at radius 1 is 1.38 bits per heavy atom. The topological polar surface area (TPSA) is 49.3 Å². The van der Waals surface area contributed by atoms with E-state index in [1.54, 1.807) is 6.26 Å². The zero-order chi connectivity index (χ0) is 10.1. The van der Waals surface area contributed by atoms with Crippen molar-refractivity contribution >= 4 is 10.8 Å². The van der Waals surface area contributed by atoms with E-state index < -0.39 is 10.8 Å². The Morgan fingerprint density at radius 2 is 2.08 bits per heavy atom. The van der Waals surface area contributed by atoms with Crippen LogP contribution in [0, 0.1) is 0 Å². The van der Waals surface area contributed by atoms with Gasteiger partial charge in [-0.2, -0.15) is 0 Å². The fourth-order valence-electron chi connectivity index (χ4n) is 0.958. The molecule has 0 saturated heterocycles. The number of unbranched alkanes of at least 4 members (excludes halogenated alkanes) is 1. The lowest BCUT2D eigenvalue weighted by atomic mass is 10.3. The van der Waals surface area contributed by atoms with Gasteiger partial charge >= 0.3 is 0 Å². The van der Waals surface area contributed by atoms with Crippen LogP contribution < -0.4 is 5.32 Å². The minimum Gasteiger partial charge on any atom is -0.396 e. The maximum atomic E-state index is 11.0. The molecule has 0 aromatic carbocycles. The van der Waals surface area contributed by atoms with Gasteiger partial charge in [0.2, 0.25) is 0 Å².